The van der Waals surface area contributed by atoms with E-state index in [2.05, 4.69) is 15.3 Å². The lowest BCUT2D eigenvalue weighted by atomic mass is 10.1. The van der Waals surface area contributed by atoms with Crippen LogP contribution in [-0.4, -0.2) is 60.8 Å². The maximum Gasteiger partial charge on any atom is 0.323 e. The highest BCUT2D eigenvalue weighted by Crippen LogP contribution is 2.37. The smallest absolute Gasteiger partial charge is 0.323 e. The number of rotatable bonds is 6. The molecule has 168 valence electrons. The van der Waals surface area contributed by atoms with E-state index in [0.717, 1.165) is 0 Å². The van der Waals surface area contributed by atoms with Gasteiger partial charge < -0.3 is 19.5 Å². The predicted molar refractivity (Wildman–Crippen MR) is 118 cm³/mol. The molecule has 0 aliphatic carbocycles. The van der Waals surface area contributed by atoms with Gasteiger partial charge in [0.05, 0.1) is 30.4 Å². The van der Waals surface area contributed by atoms with Crippen LogP contribution in [0.15, 0.2) is 36.7 Å². The molecule has 1 N–H and O–H groups in total. The largest absolute Gasteiger partial charge is 0.493 e. The Hall–Kier alpha value is -3.17. The van der Waals surface area contributed by atoms with Crippen LogP contribution in [0.5, 0.6) is 11.5 Å². The number of halogens is 2. The molecule has 0 bridgehead atoms. The number of nitrogens with zero attached hydrogens (tertiary/aromatic N) is 3. The van der Waals surface area contributed by atoms with E-state index in [0.29, 0.717) is 41.2 Å². The van der Waals surface area contributed by atoms with Crippen molar-refractivity contribution in [1.29, 1.82) is 0 Å². The zero-order valence-electron chi connectivity index (χ0n) is 18.5. The fourth-order valence-electron chi connectivity index (χ4n) is 3.65. The number of carbonyl (C=O) groups is 1. The molecule has 1 saturated heterocycles. The highest BCUT2D eigenvalue weighted by atomic mass is 35.5. The van der Waals surface area contributed by atoms with Gasteiger partial charge in [-0.1, -0.05) is 17.7 Å². The standard InChI is InChI=1S/C22H22ClFN4O4/c1-28-10-12(7-17(28)22(29)31-3)32-19-8-13-16(9-18(19)30-2)25-11-26-21(13)27-15-6-4-5-14(23)20(15)24/h4-6,8-9,11-12,17H,7,10H2,1-3H3,(H,25,26,27)/t12-,17-/m0/s1/i1D. The Bertz CT molecular complexity index is 1180. The van der Waals surface area contributed by atoms with Gasteiger partial charge in [0.2, 0.25) is 0 Å². The van der Waals surface area contributed by atoms with Gasteiger partial charge in [0.25, 0.3) is 0 Å². The summed E-state index contributed by atoms with van der Waals surface area (Å²) >= 11 is 5.89. The summed E-state index contributed by atoms with van der Waals surface area (Å²) in [5.41, 5.74) is 0.731. The maximum atomic E-state index is 14.4. The summed E-state index contributed by atoms with van der Waals surface area (Å²) in [6.07, 6.45) is 1.37. The molecule has 4 rings (SSSR count). The summed E-state index contributed by atoms with van der Waals surface area (Å²) in [6, 6.07) is 7.49. The molecule has 2 atom stereocenters. The van der Waals surface area contributed by atoms with Crippen LogP contribution in [0.1, 0.15) is 7.79 Å². The van der Waals surface area contributed by atoms with Crippen molar-refractivity contribution in [3.8, 4) is 11.5 Å². The molecule has 1 fully saturated rings. The Morgan fingerprint density at radius 1 is 1.31 bits per heavy atom. The third-order valence-electron chi connectivity index (χ3n) is 5.26. The van der Waals surface area contributed by atoms with Crippen LogP contribution in [0.2, 0.25) is 5.02 Å². The number of esters is 1. The fraction of sp³-hybridized carbons (Fsp3) is 0.318. The van der Waals surface area contributed by atoms with Gasteiger partial charge in [-0.3, -0.25) is 9.69 Å². The molecule has 1 aliphatic rings. The third-order valence-corrected chi connectivity index (χ3v) is 5.55. The molecule has 2 heterocycles. The van der Waals surface area contributed by atoms with E-state index >= 15 is 0 Å². The number of likely N-dealkylation sites (tertiary alicyclic amines) is 1. The van der Waals surface area contributed by atoms with E-state index < -0.39 is 17.8 Å². The lowest BCUT2D eigenvalue weighted by Crippen LogP contribution is -2.33. The molecule has 0 radical (unpaired) electrons. The zero-order valence-corrected chi connectivity index (χ0v) is 18.2. The van der Waals surface area contributed by atoms with Crippen LogP contribution >= 0.6 is 11.6 Å². The number of methoxy groups -OCH3 is 2. The van der Waals surface area contributed by atoms with Gasteiger partial charge in [0.1, 0.15) is 24.3 Å². The number of anilines is 2. The van der Waals surface area contributed by atoms with Crippen LogP contribution in [0.4, 0.5) is 15.9 Å². The summed E-state index contributed by atoms with van der Waals surface area (Å²) in [5.74, 6) is 0.226. The van der Waals surface area contributed by atoms with E-state index in [-0.39, 0.29) is 23.8 Å². The van der Waals surface area contributed by atoms with Crippen molar-refractivity contribution in [2.75, 3.05) is 33.1 Å². The first-order valence-electron chi connectivity index (χ1n) is 10.5. The van der Waals surface area contributed by atoms with Crippen LogP contribution in [0.3, 0.4) is 0 Å². The SMILES string of the molecule is [2H]CN1C[C@@H](Oc2cc3c(Nc4cccc(Cl)c4F)ncnc3cc2OC)C[C@H]1C(=O)OC. The van der Waals surface area contributed by atoms with E-state index in [1.165, 1.54) is 26.6 Å². The molecule has 1 aromatic heterocycles. The average Bonchev–Trinajstić information content (AvgIpc) is 3.24. The first-order chi connectivity index (χ1) is 15.9. The lowest BCUT2D eigenvalue weighted by molar-refractivity contribution is -0.145. The number of hydrogen-bond donors (Lipinski definition) is 1. The Kier molecular flexibility index (Phi) is 5.91. The molecule has 1 aliphatic heterocycles. The van der Waals surface area contributed by atoms with Crippen LogP contribution in [0.25, 0.3) is 10.9 Å². The van der Waals surface area contributed by atoms with Gasteiger partial charge in [0.15, 0.2) is 17.3 Å². The molecule has 0 amide bonds. The number of benzene rings is 2. The van der Waals surface area contributed by atoms with Crippen molar-refractivity contribution >= 4 is 40.0 Å². The molecule has 2 aromatic carbocycles. The van der Waals surface area contributed by atoms with Crippen molar-refractivity contribution in [2.24, 2.45) is 0 Å². The number of fused-ring (bicyclic) bond motifs is 1. The minimum atomic E-state index is -0.591. The van der Waals surface area contributed by atoms with Crippen LogP contribution in [0, 0.1) is 5.82 Å². The number of nitrogens with one attached hydrogen (secondary N) is 1. The van der Waals surface area contributed by atoms with Gasteiger partial charge in [-0.25, -0.2) is 14.4 Å². The Labute approximate surface area is 190 Å². The van der Waals surface area contributed by atoms with E-state index in [1.54, 1.807) is 29.2 Å². The van der Waals surface area contributed by atoms with Gasteiger partial charge >= 0.3 is 5.97 Å². The molecular weight excluding hydrogens is 439 g/mol. The van der Waals surface area contributed by atoms with Crippen molar-refractivity contribution < 1.29 is 24.8 Å². The summed E-state index contributed by atoms with van der Waals surface area (Å²) in [5, 5.41) is 3.53. The average molecular weight is 462 g/mol. The monoisotopic (exact) mass is 461 g/mol. The summed E-state index contributed by atoms with van der Waals surface area (Å²) < 4.78 is 38.6. The predicted octanol–water partition coefficient (Wildman–Crippen LogP) is 3.80. The minimum Gasteiger partial charge on any atom is -0.493 e. The molecule has 8 nitrogen and oxygen atoms in total. The second-order valence-electron chi connectivity index (χ2n) is 7.25. The normalized spacial score (nSPS) is 18.9. The second-order valence-corrected chi connectivity index (χ2v) is 7.66. The van der Waals surface area contributed by atoms with E-state index in [9.17, 15) is 9.18 Å². The highest BCUT2D eigenvalue weighted by molar-refractivity contribution is 6.31. The molecule has 0 saturated carbocycles. The van der Waals surface area contributed by atoms with Crippen molar-refractivity contribution in [3.63, 3.8) is 0 Å². The molecule has 32 heavy (non-hydrogen) atoms. The third kappa shape index (κ3) is 4.26. The maximum absolute atomic E-state index is 14.4. The lowest BCUT2D eigenvalue weighted by Gasteiger charge is -2.17. The van der Waals surface area contributed by atoms with E-state index in [1.807, 2.05) is 0 Å². The number of aromatic nitrogens is 2. The zero-order chi connectivity index (χ0) is 23.5. The molecule has 0 spiro atoms. The molecule has 3 aromatic rings. The highest BCUT2D eigenvalue weighted by Gasteiger charge is 2.36. The molecule has 10 heteroatoms. The fourth-order valence-corrected chi connectivity index (χ4v) is 3.83. The first kappa shape index (κ1) is 20.7. The molecule has 0 unspecified atom stereocenters. The van der Waals surface area contributed by atoms with Crippen molar-refractivity contribution in [3.05, 3.63) is 47.5 Å². The van der Waals surface area contributed by atoms with E-state index in [4.69, 9.17) is 27.2 Å². The van der Waals surface area contributed by atoms with Crippen LogP contribution in [-0.2, 0) is 9.53 Å². The summed E-state index contributed by atoms with van der Waals surface area (Å²) in [6.45, 7) is 0.384. The molecular formula is C22H22ClFN4O4. The van der Waals surface area contributed by atoms with Crippen molar-refractivity contribution in [1.82, 2.24) is 14.9 Å². The Morgan fingerprint density at radius 2 is 2.16 bits per heavy atom. The topological polar surface area (TPSA) is 85.8 Å². The van der Waals surface area contributed by atoms with Gasteiger partial charge in [-0.05, 0) is 25.2 Å². The number of ether oxygens (including phenoxy) is 3. The van der Waals surface area contributed by atoms with Gasteiger partial charge in [-0.2, -0.15) is 0 Å². The minimum absolute atomic E-state index is 0.00982. The number of hydrogen-bond acceptors (Lipinski definition) is 8. The van der Waals surface area contributed by atoms with Gasteiger partial charge in [0, 0.05) is 25.8 Å². The second kappa shape index (κ2) is 9.13. The Balaban J connectivity index is 1.67. The van der Waals surface area contributed by atoms with Crippen molar-refractivity contribution in [2.45, 2.75) is 18.6 Å². The van der Waals surface area contributed by atoms with Gasteiger partial charge in [-0.15, -0.1) is 0 Å². The first-order valence-corrected chi connectivity index (χ1v) is 10.1. The Morgan fingerprint density at radius 3 is 2.91 bits per heavy atom. The van der Waals surface area contributed by atoms with Crippen LogP contribution < -0.4 is 14.8 Å². The number of carbonyl (C=O) groups excluding carboxylic acids is 1. The number of likely N-dealkylation sites (N-methyl/N-ethyl adjacent to an activating group) is 1. The quantitative estimate of drug-likeness (QED) is 0.555. The summed E-state index contributed by atoms with van der Waals surface area (Å²) in [4.78, 5) is 22.3. The summed E-state index contributed by atoms with van der Waals surface area (Å²) in [7, 11) is 2.78.